The summed E-state index contributed by atoms with van der Waals surface area (Å²) in [5.41, 5.74) is 11.0. The van der Waals surface area contributed by atoms with Gasteiger partial charge in [0, 0.05) is 68.6 Å². The van der Waals surface area contributed by atoms with E-state index in [0.717, 1.165) is 66.3 Å². The van der Waals surface area contributed by atoms with E-state index in [4.69, 9.17) is 18.9 Å². The number of methoxy groups -OCH3 is 2. The minimum absolute atomic E-state index is 0.0352. The van der Waals surface area contributed by atoms with E-state index in [9.17, 15) is 27.9 Å². The Bertz CT molecular complexity index is 2940. The summed E-state index contributed by atoms with van der Waals surface area (Å²) >= 11 is 0. The number of phenolic OH excluding ortho intramolecular Hbond substituents is 1. The fourth-order valence-electron chi connectivity index (χ4n) is 10.5. The maximum Gasteiger partial charge on any atom is 0.324 e. The van der Waals surface area contributed by atoms with Crippen LogP contribution in [-0.4, -0.2) is 140 Å². The van der Waals surface area contributed by atoms with Crippen molar-refractivity contribution in [2.75, 3.05) is 61.3 Å². The second-order valence-corrected chi connectivity index (χ2v) is 23.1. The molecule has 6 bridgehead atoms. The van der Waals surface area contributed by atoms with Gasteiger partial charge in [0.25, 0.3) is 0 Å². The summed E-state index contributed by atoms with van der Waals surface area (Å²) in [4.78, 5) is 48.2. The van der Waals surface area contributed by atoms with Crippen molar-refractivity contribution >= 4 is 38.7 Å². The molecule has 2 saturated heterocycles. The Morgan fingerprint density at radius 1 is 1.04 bits per heavy atom. The second kappa shape index (κ2) is 22.9. The molecular formula is C55H72N8O10S. The molecular weight excluding hydrogens is 965 g/mol. The summed E-state index contributed by atoms with van der Waals surface area (Å²) in [5.74, 6) is -1.03. The lowest BCUT2D eigenvalue weighted by Gasteiger charge is -2.34. The van der Waals surface area contributed by atoms with Crippen LogP contribution in [0.3, 0.4) is 0 Å². The maximum absolute atomic E-state index is 14.6. The number of ether oxygens (including phenoxy) is 4. The van der Waals surface area contributed by atoms with Crippen LogP contribution < -0.4 is 20.8 Å². The van der Waals surface area contributed by atoms with E-state index in [0.29, 0.717) is 38.3 Å². The number of aromatic hydroxyl groups is 1. The highest BCUT2D eigenvalue weighted by Gasteiger charge is 2.50. The fraction of sp³-hybridized carbons (Fsp3) is 0.491. The number of phenols is 1. The van der Waals surface area contributed by atoms with Gasteiger partial charge in [-0.2, -0.15) is 4.31 Å². The van der Waals surface area contributed by atoms with Gasteiger partial charge in [0.15, 0.2) is 0 Å². The standard InChI is InChI=1S/C55H72N8O10S/c1-10-63-47-18-15-37-26-43(47)44(51(63)45-28-56-20-19-38(45)30-70-8)27-55(4,5)32-73-54(67)46-12-11-21-62(59-46)33-72-31-40(23-35-22-39(37)25-41(64)24-35)57-52(66)50(34(2)3)61(7)48(65)29-60(6)74(68,69)53-49(58-53)36-13-16-42(71-9)17-14-36/h13-20,22,24-26,28,34,40,46,49-50,53,58-59,64H,10-12,21,23,27,29-33H2,1-9H3,(H,57,66)/t40-,46-,49+,50-,53+/m0/s1. The topological polar surface area (TPSA) is 216 Å². The first kappa shape index (κ1) is 54.3. The van der Waals surface area contributed by atoms with Gasteiger partial charge in [0.2, 0.25) is 21.8 Å². The molecule has 0 aliphatic carbocycles. The number of sulfonamides is 1. The van der Waals surface area contributed by atoms with Crippen molar-refractivity contribution in [2.24, 2.45) is 11.3 Å². The highest BCUT2D eigenvalue weighted by Crippen LogP contribution is 2.42. The van der Waals surface area contributed by atoms with Crippen LogP contribution >= 0.6 is 0 Å². The number of likely N-dealkylation sites (N-methyl/N-ethyl adjacent to an activating group) is 2. The van der Waals surface area contributed by atoms with Crippen LogP contribution in [0.25, 0.3) is 33.3 Å². The Morgan fingerprint density at radius 3 is 2.53 bits per heavy atom. The van der Waals surface area contributed by atoms with Gasteiger partial charge in [-0.25, -0.2) is 18.9 Å². The van der Waals surface area contributed by atoms with Crippen LogP contribution in [0.1, 0.15) is 75.8 Å². The molecule has 2 amide bonds. The average Bonchev–Trinajstić information content (AvgIpc) is 4.13. The van der Waals surface area contributed by atoms with E-state index < -0.39 is 63.3 Å². The highest BCUT2D eigenvalue weighted by atomic mass is 32.2. The Morgan fingerprint density at radius 2 is 1.81 bits per heavy atom. The molecule has 0 saturated carbocycles. The van der Waals surface area contributed by atoms with E-state index in [2.05, 4.69) is 58.5 Å². The van der Waals surface area contributed by atoms with Gasteiger partial charge in [-0.05, 0) is 114 Å². The fourth-order valence-corrected chi connectivity index (χ4v) is 12.0. The molecule has 2 fully saturated rings. The number of hydrogen-bond donors (Lipinski definition) is 4. The number of aryl methyl sites for hydroxylation is 1. The molecule has 3 aliphatic rings. The maximum atomic E-state index is 14.6. The number of carbonyl (C=O) groups is 3. The van der Waals surface area contributed by atoms with Gasteiger partial charge in [0.1, 0.15) is 35.7 Å². The van der Waals surface area contributed by atoms with Crippen molar-refractivity contribution in [3.8, 4) is 33.9 Å². The number of carbonyl (C=O) groups excluding carboxylic acids is 3. The van der Waals surface area contributed by atoms with Crippen LogP contribution in [0.15, 0.2) is 79.1 Å². The minimum atomic E-state index is -3.95. The molecule has 5 heterocycles. The van der Waals surface area contributed by atoms with E-state index in [1.807, 2.05) is 43.3 Å². The first-order valence-corrected chi connectivity index (χ1v) is 26.9. The van der Waals surface area contributed by atoms with Crippen molar-refractivity contribution in [1.29, 1.82) is 0 Å². The molecule has 4 N–H and O–H groups in total. The van der Waals surface area contributed by atoms with Crippen molar-refractivity contribution in [3.05, 3.63) is 101 Å². The summed E-state index contributed by atoms with van der Waals surface area (Å²) in [6, 6.07) is 18.1. The normalized spacial score (nSPS) is 21.8. The lowest BCUT2D eigenvalue weighted by atomic mass is 9.84. The number of rotatable bonds is 14. The van der Waals surface area contributed by atoms with E-state index >= 15 is 0 Å². The largest absolute Gasteiger partial charge is 0.508 e. The van der Waals surface area contributed by atoms with E-state index in [1.54, 1.807) is 56.8 Å². The van der Waals surface area contributed by atoms with Crippen molar-refractivity contribution in [3.63, 3.8) is 0 Å². The van der Waals surface area contributed by atoms with Gasteiger partial charge in [-0.3, -0.25) is 24.7 Å². The van der Waals surface area contributed by atoms with Gasteiger partial charge in [0.05, 0.1) is 51.3 Å². The molecule has 1 unspecified atom stereocenters. The van der Waals surface area contributed by atoms with Crippen molar-refractivity contribution < 1.29 is 46.9 Å². The second-order valence-electron chi connectivity index (χ2n) is 20.9. The van der Waals surface area contributed by atoms with Gasteiger partial charge < -0.3 is 38.8 Å². The zero-order valence-electron chi connectivity index (χ0n) is 44.0. The number of esters is 1. The number of benzene rings is 3. The first-order valence-electron chi connectivity index (χ1n) is 25.4. The summed E-state index contributed by atoms with van der Waals surface area (Å²) < 4.78 is 54.0. The summed E-state index contributed by atoms with van der Waals surface area (Å²) in [5, 5.41) is 19.5. The zero-order valence-corrected chi connectivity index (χ0v) is 44.8. The molecule has 74 heavy (non-hydrogen) atoms. The monoisotopic (exact) mass is 1040 g/mol. The minimum Gasteiger partial charge on any atom is -0.508 e. The Kier molecular flexibility index (Phi) is 16.8. The number of hydrogen-bond acceptors (Lipinski definition) is 14. The van der Waals surface area contributed by atoms with Crippen LogP contribution in [0, 0.1) is 11.3 Å². The van der Waals surface area contributed by atoms with Crippen molar-refractivity contribution in [1.82, 2.24) is 39.8 Å². The number of nitrogens with zero attached hydrogens (tertiary/aromatic N) is 5. The number of nitrogens with one attached hydrogen (secondary N) is 3. The van der Waals surface area contributed by atoms with Gasteiger partial charge >= 0.3 is 5.97 Å². The van der Waals surface area contributed by atoms with Crippen LogP contribution in [0.5, 0.6) is 11.5 Å². The first-order chi connectivity index (χ1) is 35.3. The summed E-state index contributed by atoms with van der Waals surface area (Å²) in [7, 11) is 2.15. The smallest absolute Gasteiger partial charge is 0.324 e. The van der Waals surface area contributed by atoms with Crippen LogP contribution in [0.2, 0.25) is 0 Å². The Balaban J connectivity index is 1.09. The predicted octanol–water partition coefficient (Wildman–Crippen LogP) is 5.76. The lowest BCUT2D eigenvalue weighted by molar-refractivity contribution is -0.154. The van der Waals surface area contributed by atoms with Crippen LogP contribution in [0.4, 0.5) is 0 Å². The van der Waals surface area contributed by atoms with Gasteiger partial charge in [-0.1, -0.05) is 52.0 Å². The third-order valence-corrected chi connectivity index (χ3v) is 16.3. The summed E-state index contributed by atoms with van der Waals surface area (Å²) in [6.45, 7) is 11.5. The number of pyridine rings is 1. The number of aromatic nitrogens is 2. The number of fused-ring (bicyclic) bond motifs is 6. The Labute approximate surface area is 434 Å². The number of hydrazine groups is 1. The summed E-state index contributed by atoms with van der Waals surface area (Å²) in [6.07, 6.45) is 5.76. The Hall–Kier alpha value is -5.93. The number of cyclic esters (lactones) is 1. The molecule has 3 aromatic carbocycles. The third kappa shape index (κ3) is 12.1. The molecule has 6 atom stereocenters. The molecule has 0 radical (unpaired) electrons. The van der Waals surface area contributed by atoms with Gasteiger partial charge in [-0.15, -0.1) is 0 Å². The molecule has 0 spiro atoms. The van der Waals surface area contributed by atoms with Crippen LogP contribution in [-0.2, 0) is 64.6 Å². The van der Waals surface area contributed by atoms with E-state index in [-0.39, 0.29) is 44.0 Å². The average molecular weight is 1040 g/mol. The third-order valence-electron chi connectivity index (χ3n) is 14.3. The number of amides is 2. The molecule has 18 nitrogen and oxygen atoms in total. The van der Waals surface area contributed by atoms with E-state index in [1.165, 1.54) is 19.0 Å². The van der Waals surface area contributed by atoms with Crippen molar-refractivity contribution in [2.45, 2.75) is 103 Å². The molecule has 3 aliphatic heterocycles. The SMILES string of the molecule is CCn1c(-c2cnccc2COC)c2c3cc(ccc31)-c1cc(O)cc(c1)C[C@H](NC(=O)[C@H](C(C)C)N(C)C(=O)CN(C)S(=O)(=O)[C@H]1N[C@@H]1c1ccc(OC)cc1)COCN1CCC[C@H](N1)C(=O)OCC(C)(C)C2. The lowest BCUT2D eigenvalue weighted by Crippen LogP contribution is -2.56. The highest BCUT2D eigenvalue weighted by molar-refractivity contribution is 7.90. The predicted molar refractivity (Wildman–Crippen MR) is 282 cm³/mol. The molecule has 19 heteroatoms. The molecule has 398 valence electrons. The molecule has 2 aromatic heterocycles. The quantitative estimate of drug-likeness (QED) is 0.0769. The molecule has 5 aromatic rings. The molecule has 8 rings (SSSR count). The zero-order chi connectivity index (χ0) is 53.1.